The molecule has 1 saturated carbocycles. The lowest BCUT2D eigenvalue weighted by atomic mass is 9.80. The van der Waals surface area contributed by atoms with E-state index in [4.69, 9.17) is 4.74 Å². The van der Waals surface area contributed by atoms with E-state index in [1.807, 2.05) is 14.1 Å². The standard InChI is InChI=1S/C29H39FN4O3/c1-33(2)14-15-37-27-12-8-23(9-13-27)22-6-10-26(11-7-22)34-19-25(20-34)32-28(35)18-31-29(36)24-5-3-4-21(16-24)17-30/h3-5,8-9,12-13,16,22,25-26H,6-7,10-11,14-15,17-20H2,1-2H3,(H,31,36)(H,32,35). The second kappa shape index (κ2) is 13.0. The number of carbonyl (C=O) groups excluding carboxylic acids is 2. The lowest BCUT2D eigenvalue weighted by Crippen LogP contribution is -2.63. The van der Waals surface area contributed by atoms with Gasteiger partial charge in [0.2, 0.25) is 5.91 Å². The van der Waals surface area contributed by atoms with Crippen LogP contribution in [0.2, 0.25) is 0 Å². The molecule has 0 radical (unpaired) electrons. The van der Waals surface area contributed by atoms with Gasteiger partial charge in [-0.05, 0) is 81.1 Å². The topological polar surface area (TPSA) is 73.9 Å². The van der Waals surface area contributed by atoms with Gasteiger partial charge in [-0.25, -0.2) is 4.39 Å². The van der Waals surface area contributed by atoms with Crippen LogP contribution in [0.3, 0.4) is 0 Å². The van der Waals surface area contributed by atoms with Crippen LogP contribution in [0.25, 0.3) is 0 Å². The van der Waals surface area contributed by atoms with Crippen molar-refractivity contribution in [2.45, 2.75) is 50.4 Å². The van der Waals surface area contributed by atoms with Gasteiger partial charge >= 0.3 is 0 Å². The minimum absolute atomic E-state index is 0.0836. The summed E-state index contributed by atoms with van der Waals surface area (Å²) in [5, 5.41) is 5.63. The molecule has 1 heterocycles. The number of hydrogen-bond acceptors (Lipinski definition) is 5. The van der Waals surface area contributed by atoms with E-state index in [1.54, 1.807) is 18.2 Å². The van der Waals surface area contributed by atoms with Crippen molar-refractivity contribution in [1.29, 1.82) is 0 Å². The molecule has 2 aromatic rings. The number of likely N-dealkylation sites (tertiary alicyclic amines) is 1. The third-order valence-electron chi connectivity index (χ3n) is 7.40. The summed E-state index contributed by atoms with van der Waals surface area (Å²) in [6, 6.07) is 15.7. The molecule has 0 spiro atoms. The van der Waals surface area contributed by atoms with Gasteiger partial charge in [0.05, 0.1) is 12.6 Å². The van der Waals surface area contributed by atoms with Crippen LogP contribution in [0, 0.1) is 0 Å². The predicted octanol–water partition coefficient (Wildman–Crippen LogP) is 3.35. The molecule has 0 bridgehead atoms. The number of ether oxygens (including phenoxy) is 1. The second-order valence-corrected chi connectivity index (χ2v) is 10.5. The Morgan fingerprint density at radius 2 is 1.78 bits per heavy atom. The Morgan fingerprint density at radius 3 is 2.46 bits per heavy atom. The largest absolute Gasteiger partial charge is 0.492 e. The predicted molar refractivity (Wildman–Crippen MR) is 143 cm³/mol. The summed E-state index contributed by atoms with van der Waals surface area (Å²) in [5.41, 5.74) is 2.20. The van der Waals surface area contributed by atoms with Crippen LogP contribution in [0.4, 0.5) is 4.39 Å². The fraction of sp³-hybridized carbons (Fsp3) is 0.517. The summed E-state index contributed by atoms with van der Waals surface area (Å²) in [7, 11) is 4.08. The molecule has 2 amide bonds. The van der Waals surface area contributed by atoms with Crippen molar-refractivity contribution >= 4 is 11.8 Å². The first kappa shape index (κ1) is 27.1. The van der Waals surface area contributed by atoms with E-state index in [2.05, 4.69) is 44.7 Å². The minimum Gasteiger partial charge on any atom is -0.492 e. The molecule has 2 N–H and O–H groups in total. The molecular weight excluding hydrogens is 471 g/mol. The number of amides is 2. The molecule has 4 rings (SSSR count). The van der Waals surface area contributed by atoms with E-state index in [9.17, 15) is 14.0 Å². The van der Waals surface area contributed by atoms with Crippen LogP contribution in [-0.2, 0) is 11.5 Å². The molecule has 1 aliphatic carbocycles. The normalized spacial score (nSPS) is 20.3. The number of nitrogens with zero attached hydrogens (tertiary/aromatic N) is 2. The molecule has 0 atom stereocenters. The van der Waals surface area contributed by atoms with Gasteiger partial charge in [0.25, 0.3) is 5.91 Å². The lowest BCUT2D eigenvalue weighted by molar-refractivity contribution is -0.122. The summed E-state index contributed by atoms with van der Waals surface area (Å²) in [5.74, 6) is 0.956. The summed E-state index contributed by atoms with van der Waals surface area (Å²) < 4.78 is 18.6. The molecular formula is C29H39FN4O3. The van der Waals surface area contributed by atoms with Crippen LogP contribution in [0.15, 0.2) is 48.5 Å². The van der Waals surface area contributed by atoms with Crippen molar-refractivity contribution in [3.05, 3.63) is 65.2 Å². The zero-order valence-electron chi connectivity index (χ0n) is 21.9. The van der Waals surface area contributed by atoms with E-state index >= 15 is 0 Å². The van der Waals surface area contributed by atoms with Gasteiger partial charge in [-0.2, -0.15) is 0 Å². The van der Waals surface area contributed by atoms with Crippen molar-refractivity contribution in [2.24, 2.45) is 0 Å². The number of nitrogens with one attached hydrogen (secondary N) is 2. The molecule has 200 valence electrons. The highest BCUT2D eigenvalue weighted by Crippen LogP contribution is 2.36. The summed E-state index contributed by atoms with van der Waals surface area (Å²) in [6.07, 6.45) is 4.68. The van der Waals surface area contributed by atoms with Crippen molar-refractivity contribution in [3.8, 4) is 5.75 Å². The Bertz CT molecular complexity index is 1030. The number of halogens is 1. The molecule has 0 unspecified atom stereocenters. The van der Waals surface area contributed by atoms with E-state index in [1.165, 1.54) is 37.3 Å². The Labute approximate surface area is 219 Å². The molecule has 8 heteroatoms. The second-order valence-electron chi connectivity index (χ2n) is 10.5. The van der Waals surface area contributed by atoms with Crippen LogP contribution in [-0.4, -0.2) is 80.6 Å². The van der Waals surface area contributed by atoms with Crippen LogP contribution in [0.1, 0.15) is 53.1 Å². The lowest BCUT2D eigenvalue weighted by Gasteiger charge is -2.46. The van der Waals surface area contributed by atoms with Gasteiger partial charge in [0.15, 0.2) is 0 Å². The number of likely N-dealkylation sites (N-methyl/N-ethyl adjacent to an activating group) is 1. The summed E-state index contributed by atoms with van der Waals surface area (Å²) >= 11 is 0. The maximum atomic E-state index is 12.8. The first-order chi connectivity index (χ1) is 17.9. The first-order valence-corrected chi connectivity index (χ1v) is 13.2. The molecule has 7 nitrogen and oxygen atoms in total. The maximum Gasteiger partial charge on any atom is 0.251 e. The van der Waals surface area contributed by atoms with E-state index < -0.39 is 6.67 Å². The zero-order valence-corrected chi connectivity index (χ0v) is 21.9. The fourth-order valence-corrected chi connectivity index (χ4v) is 5.20. The quantitative estimate of drug-likeness (QED) is 0.485. The molecule has 1 saturated heterocycles. The molecule has 1 aliphatic heterocycles. The highest BCUT2D eigenvalue weighted by molar-refractivity contribution is 5.96. The van der Waals surface area contributed by atoms with Crippen molar-refractivity contribution in [2.75, 3.05) is 46.9 Å². The summed E-state index contributed by atoms with van der Waals surface area (Å²) in [4.78, 5) is 29.1. The van der Waals surface area contributed by atoms with Gasteiger partial charge in [0, 0.05) is 31.2 Å². The first-order valence-electron chi connectivity index (χ1n) is 13.2. The van der Waals surface area contributed by atoms with Gasteiger partial charge in [-0.1, -0.05) is 24.3 Å². The summed E-state index contributed by atoms with van der Waals surface area (Å²) in [6.45, 7) is 2.60. The number of rotatable bonds is 11. The molecule has 37 heavy (non-hydrogen) atoms. The van der Waals surface area contributed by atoms with Gasteiger partial charge in [-0.3, -0.25) is 14.5 Å². The van der Waals surface area contributed by atoms with Gasteiger partial charge in [0.1, 0.15) is 19.0 Å². The average molecular weight is 511 g/mol. The van der Waals surface area contributed by atoms with Crippen LogP contribution in [0.5, 0.6) is 5.75 Å². The zero-order chi connectivity index (χ0) is 26.2. The molecule has 2 aromatic carbocycles. The minimum atomic E-state index is -0.624. The third kappa shape index (κ3) is 7.76. The van der Waals surface area contributed by atoms with Gasteiger partial charge in [-0.15, -0.1) is 0 Å². The monoisotopic (exact) mass is 510 g/mol. The highest BCUT2D eigenvalue weighted by atomic mass is 19.1. The van der Waals surface area contributed by atoms with Crippen molar-refractivity contribution < 1.29 is 18.7 Å². The molecule has 2 fully saturated rings. The van der Waals surface area contributed by atoms with E-state index in [0.717, 1.165) is 25.4 Å². The number of alkyl halides is 1. The Kier molecular flexibility index (Phi) is 9.52. The van der Waals surface area contributed by atoms with Crippen molar-refractivity contribution in [3.63, 3.8) is 0 Å². The highest BCUT2D eigenvalue weighted by Gasteiger charge is 2.35. The molecule has 0 aromatic heterocycles. The number of carbonyl (C=O) groups is 2. The SMILES string of the molecule is CN(C)CCOc1ccc(C2CCC(N3CC(NC(=O)CNC(=O)c4cccc(CF)c4)C3)CC2)cc1. The third-order valence-corrected chi connectivity index (χ3v) is 7.40. The molecule has 2 aliphatic rings. The average Bonchev–Trinajstić information content (AvgIpc) is 2.89. The van der Waals surface area contributed by atoms with Gasteiger partial charge < -0.3 is 20.3 Å². The van der Waals surface area contributed by atoms with Crippen LogP contribution >= 0.6 is 0 Å². The smallest absolute Gasteiger partial charge is 0.251 e. The number of hydrogen-bond donors (Lipinski definition) is 2. The Hall–Kier alpha value is -2.97. The van der Waals surface area contributed by atoms with Crippen LogP contribution < -0.4 is 15.4 Å². The van der Waals surface area contributed by atoms with E-state index in [-0.39, 0.29) is 24.4 Å². The fourth-order valence-electron chi connectivity index (χ4n) is 5.20. The maximum absolute atomic E-state index is 12.8. The number of benzene rings is 2. The Morgan fingerprint density at radius 1 is 1.05 bits per heavy atom. The Balaban J connectivity index is 1.12. The van der Waals surface area contributed by atoms with E-state index in [0.29, 0.717) is 29.7 Å². The van der Waals surface area contributed by atoms with Crippen molar-refractivity contribution in [1.82, 2.24) is 20.4 Å².